The van der Waals surface area contributed by atoms with Crippen LogP contribution in [0, 0.1) is 5.92 Å². The average Bonchev–Trinajstić information content (AvgIpc) is 2.42. The first-order valence-corrected chi connectivity index (χ1v) is 8.53. The second-order valence-corrected chi connectivity index (χ2v) is 7.19. The van der Waals surface area contributed by atoms with Crippen molar-refractivity contribution in [1.29, 1.82) is 0 Å². The molecule has 0 amide bonds. The quantitative estimate of drug-likeness (QED) is 0.591. The van der Waals surface area contributed by atoms with Crippen molar-refractivity contribution in [2.75, 3.05) is 0 Å². The second kappa shape index (κ2) is 8.58. The molecule has 120 valence electrons. The Morgan fingerprint density at radius 2 is 1.33 bits per heavy atom. The predicted octanol–water partition coefficient (Wildman–Crippen LogP) is 5.96. The highest BCUT2D eigenvalue weighted by atomic mass is 16.3. The molecule has 0 aromatic heterocycles. The Morgan fingerprint density at radius 1 is 0.857 bits per heavy atom. The van der Waals surface area contributed by atoms with E-state index in [1.807, 2.05) is 0 Å². The van der Waals surface area contributed by atoms with Crippen LogP contribution in [0.15, 0.2) is 34.9 Å². The van der Waals surface area contributed by atoms with E-state index in [9.17, 15) is 5.11 Å². The lowest BCUT2D eigenvalue weighted by molar-refractivity contribution is -0.0101. The fourth-order valence-electron chi connectivity index (χ4n) is 2.79. The predicted molar refractivity (Wildman–Crippen MR) is 93.4 cm³/mol. The molecule has 0 bridgehead atoms. The van der Waals surface area contributed by atoms with Gasteiger partial charge < -0.3 is 5.11 Å². The van der Waals surface area contributed by atoms with E-state index in [0.29, 0.717) is 5.92 Å². The van der Waals surface area contributed by atoms with Crippen LogP contribution >= 0.6 is 0 Å². The molecule has 1 heteroatoms. The van der Waals surface area contributed by atoms with Crippen molar-refractivity contribution in [3.05, 3.63) is 34.9 Å². The molecule has 0 aromatic carbocycles. The van der Waals surface area contributed by atoms with Gasteiger partial charge in [-0.15, -0.1) is 0 Å². The van der Waals surface area contributed by atoms with Crippen molar-refractivity contribution >= 4 is 0 Å². The number of hydrogen-bond acceptors (Lipinski definition) is 1. The zero-order valence-corrected chi connectivity index (χ0v) is 14.7. The summed E-state index contributed by atoms with van der Waals surface area (Å²) in [6.07, 6.45) is 14.2. The smallest absolute Gasteiger partial charge is 0.0707 e. The molecule has 0 aliphatic heterocycles. The van der Waals surface area contributed by atoms with Gasteiger partial charge in [0.05, 0.1) is 5.60 Å². The van der Waals surface area contributed by atoms with Gasteiger partial charge in [-0.2, -0.15) is 0 Å². The van der Waals surface area contributed by atoms with Gasteiger partial charge in [0.15, 0.2) is 0 Å². The molecule has 21 heavy (non-hydrogen) atoms. The van der Waals surface area contributed by atoms with Gasteiger partial charge in [-0.1, -0.05) is 48.8 Å². The molecule has 0 saturated carbocycles. The zero-order valence-electron chi connectivity index (χ0n) is 14.7. The van der Waals surface area contributed by atoms with Gasteiger partial charge in [0.1, 0.15) is 0 Å². The third kappa shape index (κ3) is 6.65. The molecule has 1 N–H and O–H groups in total. The normalized spacial score (nSPS) is 34.1. The molecule has 0 radical (unpaired) electrons. The summed E-state index contributed by atoms with van der Waals surface area (Å²) in [7, 11) is 0. The van der Waals surface area contributed by atoms with E-state index in [1.54, 1.807) is 0 Å². The van der Waals surface area contributed by atoms with E-state index in [2.05, 4.69) is 52.8 Å². The summed E-state index contributed by atoms with van der Waals surface area (Å²) in [6, 6.07) is 0. The number of rotatable bonds is 1. The maximum atomic E-state index is 11.0. The summed E-state index contributed by atoms with van der Waals surface area (Å²) in [6.45, 7) is 10.9. The van der Waals surface area contributed by atoms with Gasteiger partial charge in [-0.05, 0) is 71.6 Å². The van der Waals surface area contributed by atoms with E-state index < -0.39 is 5.60 Å². The van der Waals surface area contributed by atoms with Crippen LogP contribution < -0.4 is 0 Å². The lowest BCUT2D eigenvalue weighted by Crippen LogP contribution is -2.34. The summed E-state index contributed by atoms with van der Waals surface area (Å²) in [5.74, 6) is 0.296. The van der Waals surface area contributed by atoms with Crippen LogP contribution in [-0.4, -0.2) is 10.7 Å². The maximum Gasteiger partial charge on any atom is 0.0707 e. The molecule has 0 aromatic rings. The first-order valence-electron chi connectivity index (χ1n) is 8.53. The fraction of sp³-hybridized carbons (Fsp3) is 0.700. The van der Waals surface area contributed by atoms with Crippen LogP contribution in [0.3, 0.4) is 0 Å². The van der Waals surface area contributed by atoms with E-state index >= 15 is 0 Å². The second-order valence-electron chi connectivity index (χ2n) is 7.19. The Labute approximate surface area is 131 Å². The minimum Gasteiger partial charge on any atom is -0.389 e. The Morgan fingerprint density at radius 3 is 1.86 bits per heavy atom. The molecule has 0 unspecified atom stereocenters. The van der Waals surface area contributed by atoms with Crippen molar-refractivity contribution in [2.45, 2.75) is 85.2 Å². The third-order valence-electron chi connectivity index (χ3n) is 4.89. The Hall–Kier alpha value is -0.820. The van der Waals surface area contributed by atoms with Crippen LogP contribution in [0.25, 0.3) is 0 Å². The zero-order chi connectivity index (χ0) is 15.9. The summed E-state index contributed by atoms with van der Waals surface area (Å²) in [4.78, 5) is 0. The third-order valence-corrected chi connectivity index (χ3v) is 4.89. The van der Waals surface area contributed by atoms with Crippen molar-refractivity contribution in [3.63, 3.8) is 0 Å². The standard InChI is InChI=1S/C20H34O/c1-16(2)20(21)14-12-18(4)10-6-8-17(3)9-7-11-19(5)13-15-20/h8,11-12,16,21H,6-7,9-10,13-15H2,1-5H3/b17-8+,18-12-,19-11+/t20-/m1/s1. The molecule has 1 nitrogen and oxygen atoms in total. The Kier molecular flexibility index (Phi) is 7.45. The average molecular weight is 290 g/mol. The largest absolute Gasteiger partial charge is 0.389 e. The summed E-state index contributed by atoms with van der Waals surface area (Å²) < 4.78 is 0. The molecule has 1 aliphatic carbocycles. The van der Waals surface area contributed by atoms with Gasteiger partial charge in [0, 0.05) is 0 Å². The minimum atomic E-state index is -0.563. The van der Waals surface area contributed by atoms with Gasteiger partial charge >= 0.3 is 0 Å². The Balaban J connectivity index is 2.88. The van der Waals surface area contributed by atoms with Gasteiger partial charge in [0.25, 0.3) is 0 Å². The van der Waals surface area contributed by atoms with Crippen LogP contribution in [0.1, 0.15) is 79.6 Å². The minimum absolute atomic E-state index is 0.296. The van der Waals surface area contributed by atoms with E-state index in [4.69, 9.17) is 0 Å². The molecule has 1 aliphatic rings. The summed E-state index contributed by atoms with van der Waals surface area (Å²) >= 11 is 0. The highest BCUT2D eigenvalue weighted by Crippen LogP contribution is 2.30. The van der Waals surface area contributed by atoms with Gasteiger partial charge in [-0.3, -0.25) is 0 Å². The summed E-state index contributed by atoms with van der Waals surface area (Å²) in [5, 5.41) is 11.0. The number of allylic oxidation sites excluding steroid dienone is 5. The lowest BCUT2D eigenvalue weighted by Gasteiger charge is -2.32. The maximum absolute atomic E-state index is 11.0. The molecule has 0 fully saturated rings. The number of hydrogen-bond donors (Lipinski definition) is 1. The van der Waals surface area contributed by atoms with Crippen molar-refractivity contribution < 1.29 is 5.11 Å². The monoisotopic (exact) mass is 290 g/mol. The summed E-state index contributed by atoms with van der Waals surface area (Å²) in [5.41, 5.74) is 3.76. The van der Waals surface area contributed by atoms with Gasteiger partial charge in [0.2, 0.25) is 0 Å². The topological polar surface area (TPSA) is 20.2 Å². The highest BCUT2D eigenvalue weighted by Gasteiger charge is 2.29. The molecular formula is C20H34O. The Bertz CT molecular complexity index is 412. The van der Waals surface area contributed by atoms with E-state index in [0.717, 1.165) is 44.9 Å². The molecule has 0 saturated heterocycles. The van der Waals surface area contributed by atoms with Crippen molar-refractivity contribution in [3.8, 4) is 0 Å². The van der Waals surface area contributed by atoms with Gasteiger partial charge in [-0.25, -0.2) is 0 Å². The molecule has 0 spiro atoms. The van der Waals surface area contributed by atoms with Crippen LogP contribution in [-0.2, 0) is 0 Å². The van der Waals surface area contributed by atoms with E-state index in [-0.39, 0.29) is 0 Å². The molecule has 0 heterocycles. The first kappa shape index (κ1) is 18.2. The van der Waals surface area contributed by atoms with Crippen LogP contribution in [0.5, 0.6) is 0 Å². The van der Waals surface area contributed by atoms with Crippen LogP contribution in [0.4, 0.5) is 0 Å². The first-order chi connectivity index (χ1) is 9.83. The lowest BCUT2D eigenvalue weighted by atomic mass is 9.81. The van der Waals surface area contributed by atoms with Crippen molar-refractivity contribution in [1.82, 2.24) is 0 Å². The molecular weight excluding hydrogens is 256 g/mol. The van der Waals surface area contributed by atoms with Crippen LogP contribution in [0.2, 0.25) is 0 Å². The van der Waals surface area contributed by atoms with Crippen molar-refractivity contribution in [2.24, 2.45) is 5.92 Å². The molecule has 1 atom stereocenters. The highest BCUT2D eigenvalue weighted by molar-refractivity contribution is 5.09. The fourth-order valence-corrected chi connectivity index (χ4v) is 2.79. The van der Waals surface area contributed by atoms with E-state index in [1.165, 1.54) is 16.7 Å². The number of aliphatic hydroxyl groups is 1. The SMILES string of the molecule is C/C1=C/C[C@](O)(C(C)C)CC/C(C)=C/CC/C(C)=C/CC1. The molecule has 1 rings (SSSR count).